The van der Waals surface area contributed by atoms with Gasteiger partial charge in [-0.1, -0.05) is 30.3 Å². The molecule has 1 aliphatic rings. The lowest BCUT2D eigenvalue weighted by Gasteiger charge is -2.14. The monoisotopic (exact) mass is 514 g/mol. The maximum Gasteiger partial charge on any atom is 0.256 e. The minimum absolute atomic E-state index is 0.0542. The number of H-pyrrole nitrogens is 1. The van der Waals surface area contributed by atoms with Crippen LogP contribution in [0.2, 0.25) is 0 Å². The van der Waals surface area contributed by atoms with Crippen molar-refractivity contribution in [1.82, 2.24) is 15.6 Å². The molecule has 38 heavy (non-hydrogen) atoms. The van der Waals surface area contributed by atoms with Gasteiger partial charge in [-0.05, 0) is 69.5 Å². The Morgan fingerprint density at radius 2 is 1.79 bits per heavy atom. The second-order valence-electron chi connectivity index (χ2n) is 9.63. The van der Waals surface area contributed by atoms with Gasteiger partial charge in [-0.3, -0.25) is 14.4 Å². The fraction of sp³-hybridized carbons (Fsp3) is 0.300. The number of nitrogens with one attached hydrogen (secondary N) is 4. The number of anilines is 1. The van der Waals surface area contributed by atoms with Crippen LogP contribution in [0.1, 0.15) is 75.1 Å². The zero-order chi connectivity index (χ0) is 27.4. The minimum Gasteiger partial charge on any atom is -0.382 e. The number of aromatic nitrogens is 1. The highest BCUT2D eigenvalue weighted by molar-refractivity contribution is 6.35. The number of aromatic amines is 1. The first-order valence-electron chi connectivity index (χ1n) is 12.7. The van der Waals surface area contributed by atoms with Gasteiger partial charge in [-0.15, -0.1) is 0 Å². The number of ether oxygens (including phenoxy) is 1. The lowest BCUT2D eigenvalue weighted by Crippen LogP contribution is -2.27. The number of fused-ring (bicyclic) bond motifs is 1. The van der Waals surface area contributed by atoms with Gasteiger partial charge in [0, 0.05) is 41.9 Å². The van der Waals surface area contributed by atoms with Crippen LogP contribution in [0.25, 0.3) is 11.6 Å². The van der Waals surface area contributed by atoms with Gasteiger partial charge in [-0.25, -0.2) is 0 Å². The highest BCUT2D eigenvalue weighted by Gasteiger charge is 2.27. The first-order chi connectivity index (χ1) is 18.2. The van der Waals surface area contributed by atoms with E-state index in [2.05, 4.69) is 20.9 Å². The van der Waals surface area contributed by atoms with Gasteiger partial charge in [0.15, 0.2) is 0 Å². The Balaban J connectivity index is 1.56. The summed E-state index contributed by atoms with van der Waals surface area (Å²) in [6.07, 6.45) is 2.50. The Labute approximate surface area is 222 Å². The number of rotatable bonds is 9. The maximum atomic E-state index is 13.0. The van der Waals surface area contributed by atoms with Crippen molar-refractivity contribution in [3.63, 3.8) is 0 Å². The maximum absolute atomic E-state index is 13.0. The third-order valence-electron chi connectivity index (χ3n) is 6.94. The number of hydrogen-bond acceptors (Lipinski definition) is 4. The van der Waals surface area contributed by atoms with Crippen LogP contribution in [0.4, 0.5) is 5.69 Å². The molecule has 0 unspecified atom stereocenters. The van der Waals surface area contributed by atoms with Gasteiger partial charge < -0.3 is 25.7 Å². The zero-order valence-electron chi connectivity index (χ0n) is 22.4. The van der Waals surface area contributed by atoms with Crippen molar-refractivity contribution in [3.8, 4) is 0 Å². The standard InChI is InChI=1S/C30H34N4O4/c1-17(38-5)13-14-31-30(37)27-18(2)26(32-20(27)4)16-24-23-15-22(11-12-25(23)34-29(24)36)28(35)33-19(3)21-9-7-6-8-10-21/h6-12,15-17,19,32H,13-14H2,1-5H3,(H,31,37)(H,33,35)(H,34,36)/b24-16-/t17-,19-/m1/s1. The van der Waals surface area contributed by atoms with Gasteiger partial charge in [-0.2, -0.15) is 0 Å². The Bertz CT molecular complexity index is 1390. The third-order valence-corrected chi connectivity index (χ3v) is 6.94. The highest BCUT2D eigenvalue weighted by atomic mass is 16.5. The number of carbonyl (C=O) groups is 3. The smallest absolute Gasteiger partial charge is 0.256 e. The average molecular weight is 515 g/mol. The van der Waals surface area contributed by atoms with Crippen molar-refractivity contribution in [2.24, 2.45) is 0 Å². The van der Waals surface area contributed by atoms with E-state index >= 15 is 0 Å². The minimum atomic E-state index is -0.263. The molecular formula is C30H34N4O4. The summed E-state index contributed by atoms with van der Waals surface area (Å²) < 4.78 is 5.24. The molecule has 4 N–H and O–H groups in total. The van der Waals surface area contributed by atoms with E-state index in [9.17, 15) is 14.4 Å². The summed E-state index contributed by atoms with van der Waals surface area (Å²) in [5.74, 6) is -0.662. The van der Waals surface area contributed by atoms with Crippen molar-refractivity contribution in [1.29, 1.82) is 0 Å². The summed E-state index contributed by atoms with van der Waals surface area (Å²) in [6.45, 7) is 8.07. The van der Waals surface area contributed by atoms with Gasteiger partial charge in [0.25, 0.3) is 17.7 Å². The van der Waals surface area contributed by atoms with E-state index in [4.69, 9.17) is 4.74 Å². The van der Waals surface area contributed by atoms with Crippen molar-refractivity contribution in [2.45, 2.75) is 46.3 Å². The summed E-state index contributed by atoms with van der Waals surface area (Å²) in [7, 11) is 1.64. The van der Waals surface area contributed by atoms with E-state index in [-0.39, 0.29) is 29.9 Å². The van der Waals surface area contributed by atoms with Gasteiger partial charge in [0.05, 0.1) is 23.3 Å². The normalized spacial score (nSPS) is 15.1. The summed E-state index contributed by atoms with van der Waals surface area (Å²) in [6, 6.07) is 14.7. The van der Waals surface area contributed by atoms with Crippen LogP contribution in [-0.4, -0.2) is 42.5 Å². The van der Waals surface area contributed by atoms with Crippen LogP contribution < -0.4 is 16.0 Å². The summed E-state index contributed by atoms with van der Waals surface area (Å²) >= 11 is 0. The topological polar surface area (TPSA) is 112 Å². The Kier molecular flexibility index (Phi) is 8.12. The molecule has 2 atom stereocenters. The van der Waals surface area contributed by atoms with Crippen molar-refractivity contribution in [2.75, 3.05) is 19.0 Å². The molecule has 3 amide bonds. The molecule has 0 radical (unpaired) electrons. The van der Waals surface area contributed by atoms with Crippen LogP contribution >= 0.6 is 0 Å². The van der Waals surface area contributed by atoms with E-state index in [0.29, 0.717) is 52.3 Å². The fourth-order valence-corrected chi connectivity index (χ4v) is 4.58. The molecule has 198 valence electrons. The molecule has 1 aromatic heterocycles. The average Bonchev–Trinajstić information content (AvgIpc) is 3.37. The number of benzene rings is 2. The molecule has 8 heteroatoms. The van der Waals surface area contributed by atoms with E-state index in [0.717, 1.165) is 11.1 Å². The predicted octanol–water partition coefficient (Wildman–Crippen LogP) is 4.77. The fourth-order valence-electron chi connectivity index (χ4n) is 4.58. The van der Waals surface area contributed by atoms with Crippen LogP contribution in [0.5, 0.6) is 0 Å². The molecule has 1 aliphatic heterocycles. The van der Waals surface area contributed by atoms with Crippen LogP contribution in [0.3, 0.4) is 0 Å². The summed E-state index contributed by atoms with van der Waals surface area (Å²) in [4.78, 5) is 42.0. The van der Waals surface area contributed by atoms with Crippen molar-refractivity contribution in [3.05, 3.63) is 87.7 Å². The van der Waals surface area contributed by atoms with E-state index in [1.165, 1.54) is 0 Å². The van der Waals surface area contributed by atoms with E-state index in [1.54, 1.807) is 31.4 Å². The van der Waals surface area contributed by atoms with Crippen LogP contribution in [0, 0.1) is 13.8 Å². The molecule has 0 aliphatic carbocycles. The molecule has 0 fully saturated rings. The number of amides is 3. The number of carbonyl (C=O) groups excluding carboxylic acids is 3. The quantitative estimate of drug-likeness (QED) is 0.308. The number of aryl methyl sites for hydroxylation is 1. The molecule has 0 bridgehead atoms. The van der Waals surface area contributed by atoms with Gasteiger partial charge in [0.2, 0.25) is 0 Å². The second kappa shape index (κ2) is 11.5. The summed E-state index contributed by atoms with van der Waals surface area (Å²) in [5, 5.41) is 8.82. The van der Waals surface area contributed by atoms with E-state index < -0.39 is 0 Å². The number of methoxy groups -OCH3 is 1. The largest absolute Gasteiger partial charge is 0.382 e. The SMILES string of the molecule is CO[C@H](C)CCNC(=O)c1c(C)[nH]c(/C=C2\C(=O)Nc3ccc(C(=O)N[C@H](C)c4ccccc4)cc32)c1C. The highest BCUT2D eigenvalue weighted by Crippen LogP contribution is 2.35. The third kappa shape index (κ3) is 5.70. The molecule has 0 saturated heterocycles. The lowest BCUT2D eigenvalue weighted by molar-refractivity contribution is -0.110. The Hall–Kier alpha value is -4.17. The zero-order valence-corrected chi connectivity index (χ0v) is 22.4. The molecule has 3 aromatic rings. The molecule has 0 spiro atoms. The molecule has 8 nitrogen and oxygen atoms in total. The summed E-state index contributed by atoms with van der Waals surface area (Å²) in [5.41, 5.74) is 5.86. The van der Waals surface area contributed by atoms with Crippen molar-refractivity contribution >= 4 is 35.1 Å². The first kappa shape index (κ1) is 26.9. The van der Waals surface area contributed by atoms with Gasteiger partial charge in [0.1, 0.15) is 0 Å². The van der Waals surface area contributed by atoms with Crippen LogP contribution in [-0.2, 0) is 9.53 Å². The van der Waals surface area contributed by atoms with E-state index in [1.807, 2.05) is 58.0 Å². The molecular weight excluding hydrogens is 480 g/mol. The Morgan fingerprint density at radius 1 is 1.05 bits per heavy atom. The molecule has 0 saturated carbocycles. The van der Waals surface area contributed by atoms with Gasteiger partial charge >= 0.3 is 0 Å². The Morgan fingerprint density at radius 3 is 2.50 bits per heavy atom. The number of hydrogen-bond donors (Lipinski definition) is 4. The lowest BCUT2D eigenvalue weighted by atomic mass is 10.0. The molecule has 2 aromatic carbocycles. The molecule has 2 heterocycles. The van der Waals surface area contributed by atoms with Crippen molar-refractivity contribution < 1.29 is 19.1 Å². The van der Waals surface area contributed by atoms with Crippen LogP contribution in [0.15, 0.2) is 48.5 Å². The first-order valence-corrected chi connectivity index (χ1v) is 12.7. The predicted molar refractivity (Wildman–Crippen MR) is 149 cm³/mol. The molecule has 4 rings (SSSR count). The second-order valence-corrected chi connectivity index (χ2v) is 9.63.